The molecule has 3 N–H and O–H groups in total. The summed E-state index contributed by atoms with van der Waals surface area (Å²) in [5.41, 5.74) is 2.79. The topological polar surface area (TPSA) is 104 Å². The molecule has 0 fully saturated rings. The quantitative estimate of drug-likeness (QED) is 0.798. The van der Waals surface area contributed by atoms with Gasteiger partial charge in [0.05, 0.1) is 5.56 Å². The Morgan fingerprint density at radius 1 is 1.32 bits per heavy atom. The molecule has 0 radical (unpaired) electrons. The standard InChI is InChI=1S/C11H10N4O3S/c1-6-2-3-7(9(16)17)4-8(6)13-10(18)14-11-15-12-5-19-11/h2-5H,1H3,(H,16,17)(H2,13,14,15,18). The number of nitrogens with zero attached hydrogens (tertiary/aromatic N) is 2. The van der Waals surface area contributed by atoms with Gasteiger partial charge < -0.3 is 10.4 Å². The largest absolute Gasteiger partial charge is 0.478 e. The van der Waals surface area contributed by atoms with E-state index in [1.807, 2.05) is 0 Å². The molecule has 2 rings (SSSR count). The van der Waals surface area contributed by atoms with Crippen molar-refractivity contribution in [3.63, 3.8) is 0 Å². The number of aromatic carboxylic acids is 1. The highest BCUT2D eigenvalue weighted by molar-refractivity contribution is 7.13. The first-order valence-electron chi connectivity index (χ1n) is 5.24. The number of aryl methyl sites for hydroxylation is 1. The Bertz CT molecular complexity index is 612. The van der Waals surface area contributed by atoms with Gasteiger partial charge in [-0.1, -0.05) is 17.4 Å². The first kappa shape index (κ1) is 13.0. The lowest BCUT2D eigenvalue weighted by molar-refractivity contribution is 0.0697. The summed E-state index contributed by atoms with van der Waals surface area (Å²) < 4.78 is 0. The van der Waals surface area contributed by atoms with Crippen molar-refractivity contribution in [3.05, 3.63) is 34.8 Å². The molecule has 1 aromatic heterocycles. The van der Waals surface area contributed by atoms with Gasteiger partial charge in [-0.2, -0.15) is 0 Å². The van der Waals surface area contributed by atoms with Crippen LogP contribution in [0.1, 0.15) is 15.9 Å². The van der Waals surface area contributed by atoms with Gasteiger partial charge in [-0.05, 0) is 24.6 Å². The lowest BCUT2D eigenvalue weighted by Crippen LogP contribution is -2.20. The fourth-order valence-corrected chi connectivity index (χ4v) is 1.81. The monoisotopic (exact) mass is 278 g/mol. The predicted molar refractivity (Wildman–Crippen MR) is 70.7 cm³/mol. The number of aromatic nitrogens is 2. The van der Waals surface area contributed by atoms with Gasteiger partial charge in [0.1, 0.15) is 5.51 Å². The number of hydrogen-bond acceptors (Lipinski definition) is 5. The summed E-state index contributed by atoms with van der Waals surface area (Å²) in [5, 5.41) is 21.6. The van der Waals surface area contributed by atoms with Gasteiger partial charge in [-0.25, -0.2) is 9.59 Å². The molecule has 1 aromatic carbocycles. The molecular weight excluding hydrogens is 268 g/mol. The Labute approximate surface area is 112 Å². The number of benzene rings is 1. The average molecular weight is 278 g/mol. The molecular formula is C11H10N4O3S. The molecule has 0 aliphatic carbocycles. The first-order chi connectivity index (χ1) is 9.06. The highest BCUT2D eigenvalue weighted by atomic mass is 32.1. The maximum atomic E-state index is 11.7. The number of carboxylic acids is 1. The molecule has 0 spiro atoms. The van der Waals surface area contributed by atoms with Crippen molar-refractivity contribution in [2.24, 2.45) is 0 Å². The minimum Gasteiger partial charge on any atom is -0.478 e. The molecule has 7 nitrogen and oxygen atoms in total. The van der Waals surface area contributed by atoms with Crippen LogP contribution in [0.5, 0.6) is 0 Å². The zero-order chi connectivity index (χ0) is 13.8. The Kier molecular flexibility index (Phi) is 3.71. The minimum atomic E-state index is -1.05. The summed E-state index contributed by atoms with van der Waals surface area (Å²) in [5.74, 6) is -1.05. The summed E-state index contributed by atoms with van der Waals surface area (Å²) in [6, 6.07) is 4.01. The van der Waals surface area contributed by atoms with Crippen molar-refractivity contribution in [1.29, 1.82) is 0 Å². The molecule has 19 heavy (non-hydrogen) atoms. The van der Waals surface area contributed by atoms with Crippen LogP contribution in [-0.4, -0.2) is 27.3 Å². The summed E-state index contributed by atoms with van der Waals surface area (Å²) in [6.07, 6.45) is 0. The van der Waals surface area contributed by atoms with Crippen molar-refractivity contribution in [2.45, 2.75) is 6.92 Å². The minimum absolute atomic E-state index is 0.108. The Morgan fingerprint density at radius 2 is 2.11 bits per heavy atom. The van der Waals surface area contributed by atoms with Gasteiger partial charge in [0.2, 0.25) is 5.13 Å². The number of rotatable bonds is 3. The molecule has 2 aromatic rings. The number of carbonyl (C=O) groups excluding carboxylic acids is 1. The van der Waals surface area contributed by atoms with Crippen molar-refractivity contribution in [3.8, 4) is 0 Å². The molecule has 0 saturated heterocycles. The maximum Gasteiger partial charge on any atom is 0.335 e. The van der Waals surface area contributed by atoms with Gasteiger partial charge in [0.15, 0.2) is 0 Å². The second kappa shape index (κ2) is 5.44. The number of urea groups is 1. The third-order valence-corrected chi connectivity index (χ3v) is 2.92. The molecule has 1 heterocycles. The van der Waals surface area contributed by atoms with Gasteiger partial charge in [0.25, 0.3) is 0 Å². The molecule has 0 atom stereocenters. The normalized spacial score (nSPS) is 9.95. The van der Waals surface area contributed by atoms with Crippen LogP contribution in [0.25, 0.3) is 0 Å². The van der Waals surface area contributed by atoms with Crippen LogP contribution >= 0.6 is 11.3 Å². The molecule has 0 bridgehead atoms. The maximum absolute atomic E-state index is 11.7. The van der Waals surface area contributed by atoms with Crippen molar-refractivity contribution in [1.82, 2.24) is 10.2 Å². The van der Waals surface area contributed by atoms with Gasteiger partial charge in [-0.3, -0.25) is 5.32 Å². The van der Waals surface area contributed by atoms with Crippen LogP contribution in [0.4, 0.5) is 15.6 Å². The third-order valence-electron chi connectivity index (χ3n) is 2.31. The average Bonchev–Trinajstić information content (AvgIpc) is 2.84. The Balaban J connectivity index is 2.11. The van der Waals surface area contributed by atoms with Crippen molar-refractivity contribution >= 4 is 34.2 Å². The highest BCUT2D eigenvalue weighted by Crippen LogP contribution is 2.17. The van der Waals surface area contributed by atoms with Gasteiger partial charge in [-0.15, -0.1) is 10.2 Å². The van der Waals surface area contributed by atoms with Crippen molar-refractivity contribution < 1.29 is 14.7 Å². The number of nitrogens with one attached hydrogen (secondary N) is 2. The van der Waals surface area contributed by atoms with Crippen LogP contribution in [0.15, 0.2) is 23.7 Å². The summed E-state index contributed by atoms with van der Waals surface area (Å²) in [6.45, 7) is 1.77. The van der Waals surface area contributed by atoms with E-state index in [4.69, 9.17) is 5.11 Å². The fraction of sp³-hybridized carbons (Fsp3) is 0.0909. The smallest absolute Gasteiger partial charge is 0.335 e. The molecule has 0 unspecified atom stereocenters. The Hall–Kier alpha value is -2.48. The highest BCUT2D eigenvalue weighted by Gasteiger charge is 2.10. The summed E-state index contributed by atoms with van der Waals surface area (Å²) in [7, 11) is 0. The van der Waals surface area contributed by atoms with Crippen molar-refractivity contribution in [2.75, 3.05) is 10.6 Å². The third kappa shape index (κ3) is 3.26. The van der Waals surface area contributed by atoms with Crippen LogP contribution in [0.2, 0.25) is 0 Å². The van der Waals surface area contributed by atoms with E-state index in [9.17, 15) is 9.59 Å². The van der Waals surface area contributed by atoms with Crippen LogP contribution in [0.3, 0.4) is 0 Å². The number of amides is 2. The SMILES string of the molecule is Cc1ccc(C(=O)O)cc1NC(=O)Nc1nncs1. The zero-order valence-corrected chi connectivity index (χ0v) is 10.7. The van der Waals surface area contributed by atoms with E-state index in [1.54, 1.807) is 13.0 Å². The molecule has 98 valence electrons. The summed E-state index contributed by atoms with van der Waals surface area (Å²) >= 11 is 1.19. The Morgan fingerprint density at radius 3 is 2.74 bits per heavy atom. The number of carboxylic acid groups (broad SMARTS) is 1. The summed E-state index contributed by atoms with van der Waals surface area (Å²) in [4.78, 5) is 22.5. The number of anilines is 2. The van der Waals surface area contributed by atoms with Gasteiger partial charge in [0, 0.05) is 5.69 Å². The molecule has 2 amide bonds. The molecule has 0 saturated carbocycles. The number of carbonyl (C=O) groups is 2. The number of hydrogen-bond donors (Lipinski definition) is 3. The lowest BCUT2D eigenvalue weighted by Gasteiger charge is -2.09. The van der Waals surface area contributed by atoms with E-state index in [2.05, 4.69) is 20.8 Å². The second-order valence-electron chi connectivity index (χ2n) is 3.66. The fourth-order valence-electron chi connectivity index (χ4n) is 1.37. The molecule has 8 heteroatoms. The molecule has 0 aliphatic heterocycles. The van der Waals surface area contributed by atoms with E-state index < -0.39 is 12.0 Å². The first-order valence-corrected chi connectivity index (χ1v) is 6.12. The predicted octanol–water partition coefficient (Wildman–Crippen LogP) is 2.19. The van der Waals surface area contributed by atoms with E-state index in [0.29, 0.717) is 10.8 Å². The zero-order valence-electron chi connectivity index (χ0n) is 9.88. The van der Waals surface area contributed by atoms with Crippen LogP contribution < -0.4 is 10.6 Å². The van der Waals surface area contributed by atoms with Crippen LogP contribution in [0, 0.1) is 6.92 Å². The lowest BCUT2D eigenvalue weighted by atomic mass is 10.1. The van der Waals surface area contributed by atoms with Crippen LogP contribution in [-0.2, 0) is 0 Å². The second-order valence-corrected chi connectivity index (χ2v) is 4.49. The van der Waals surface area contributed by atoms with Gasteiger partial charge >= 0.3 is 12.0 Å². The van der Waals surface area contributed by atoms with E-state index in [1.165, 1.54) is 29.0 Å². The van der Waals surface area contributed by atoms with E-state index >= 15 is 0 Å². The van der Waals surface area contributed by atoms with E-state index in [0.717, 1.165) is 5.56 Å². The molecule has 0 aliphatic rings. The van der Waals surface area contributed by atoms with E-state index in [-0.39, 0.29) is 5.56 Å².